The standard InChI is InChI=1S/C9H14FN3O2S/c1-7(4-11)13(2)16(14,15)9-3-8(10)5-12-6-9/h3,5-7H,4,11H2,1-2H3. The summed E-state index contributed by atoms with van der Waals surface area (Å²) in [7, 11) is -2.32. The van der Waals surface area contributed by atoms with Crippen molar-refractivity contribution >= 4 is 10.0 Å². The van der Waals surface area contributed by atoms with Gasteiger partial charge in [0, 0.05) is 25.8 Å². The van der Waals surface area contributed by atoms with Crippen LogP contribution >= 0.6 is 0 Å². The number of sulfonamides is 1. The summed E-state index contributed by atoms with van der Waals surface area (Å²) in [4.78, 5) is 3.33. The third kappa shape index (κ3) is 2.55. The van der Waals surface area contributed by atoms with Crippen LogP contribution in [0.4, 0.5) is 4.39 Å². The molecule has 1 aromatic rings. The summed E-state index contributed by atoms with van der Waals surface area (Å²) in [6.45, 7) is 1.86. The smallest absolute Gasteiger partial charge is 0.244 e. The molecule has 0 fully saturated rings. The fourth-order valence-corrected chi connectivity index (χ4v) is 2.43. The molecule has 2 N–H and O–H groups in total. The summed E-state index contributed by atoms with van der Waals surface area (Å²) in [6.07, 6.45) is 2.06. The molecule has 7 heteroatoms. The van der Waals surface area contributed by atoms with Gasteiger partial charge in [0.15, 0.2) is 0 Å². The molecule has 0 bridgehead atoms. The van der Waals surface area contributed by atoms with Crippen LogP contribution in [0.3, 0.4) is 0 Å². The number of halogens is 1. The summed E-state index contributed by atoms with van der Waals surface area (Å²) < 4.78 is 37.9. The molecule has 0 spiro atoms. The highest BCUT2D eigenvalue weighted by molar-refractivity contribution is 7.89. The van der Waals surface area contributed by atoms with Crippen molar-refractivity contribution in [2.45, 2.75) is 17.9 Å². The molecule has 1 rings (SSSR count). The minimum atomic E-state index is -3.72. The Hall–Kier alpha value is -1.05. The van der Waals surface area contributed by atoms with E-state index in [4.69, 9.17) is 5.73 Å². The van der Waals surface area contributed by atoms with E-state index in [1.54, 1.807) is 6.92 Å². The molecule has 0 amide bonds. The molecule has 1 unspecified atom stereocenters. The van der Waals surface area contributed by atoms with Gasteiger partial charge in [0.2, 0.25) is 10.0 Å². The molecule has 1 heterocycles. The van der Waals surface area contributed by atoms with Crippen molar-refractivity contribution in [3.8, 4) is 0 Å². The Morgan fingerprint density at radius 2 is 2.19 bits per heavy atom. The van der Waals surface area contributed by atoms with E-state index >= 15 is 0 Å². The second kappa shape index (κ2) is 4.86. The van der Waals surface area contributed by atoms with Crippen molar-refractivity contribution in [1.29, 1.82) is 0 Å². The van der Waals surface area contributed by atoms with E-state index in [2.05, 4.69) is 4.98 Å². The first-order valence-electron chi connectivity index (χ1n) is 4.68. The number of rotatable bonds is 4. The first-order chi connectivity index (χ1) is 7.39. The lowest BCUT2D eigenvalue weighted by atomic mass is 10.4. The predicted octanol–water partition coefficient (Wildman–Crippen LogP) is 0.188. The lowest BCUT2D eigenvalue weighted by molar-refractivity contribution is 0.394. The topological polar surface area (TPSA) is 76.3 Å². The average molecular weight is 247 g/mol. The molecule has 1 atom stereocenters. The van der Waals surface area contributed by atoms with Crippen LogP contribution in [0.2, 0.25) is 0 Å². The molecule has 0 saturated heterocycles. The van der Waals surface area contributed by atoms with Gasteiger partial charge in [-0.1, -0.05) is 0 Å². The van der Waals surface area contributed by atoms with Crippen molar-refractivity contribution in [2.24, 2.45) is 5.73 Å². The van der Waals surface area contributed by atoms with E-state index in [1.807, 2.05) is 0 Å². The summed E-state index contributed by atoms with van der Waals surface area (Å²) in [5, 5.41) is 0. The molecule has 0 aliphatic carbocycles. The molecule has 0 aromatic carbocycles. The zero-order chi connectivity index (χ0) is 12.3. The summed E-state index contributed by atoms with van der Waals surface area (Å²) in [5.74, 6) is -0.685. The minimum Gasteiger partial charge on any atom is -0.329 e. The van der Waals surface area contributed by atoms with E-state index in [0.29, 0.717) is 0 Å². The number of nitrogens with zero attached hydrogens (tertiary/aromatic N) is 2. The number of likely N-dealkylation sites (N-methyl/N-ethyl adjacent to an activating group) is 1. The van der Waals surface area contributed by atoms with Crippen LogP contribution in [-0.4, -0.2) is 37.3 Å². The van der Waals surface area contributed by atoms with Gasteiger partial charge in [0.25, 0.3) is 0 Å². The van der Waals surface area contributed by atoms with E-state index in [0.717, 1.165) is 22.8 Å². The molecule has 0 aliphatic rings. The van der Waals surface area contributed by atoms with E-state index in [-0.39, 0.29) is 17.5 Å². The quantitative estimate of drug-likeness (QED) is 0.824. The first-order valence-corrected chi connectivity index (χ1v) is 6.12. The maximum atomic E-state index is 12.9. The van der Waals surface area contributed by atoms with E-state index in [9.17, 15) is 12.8 Å². The summed E-state index contributed by atoms with van der Waals surface area (Å²) in [6, 6.07) is 0.579. The van der Waals surface area contributed by atoms with Gasteiger partial charge >= 0.3 is 0 Å². The van der Waals surface area contributed by atoms with Gasteiger partial charge in [-0.05, 0) is 13.0 Å². The van der Waals surface area contributed by atoms with Gasteiger partial charge in [-0.15, -0.1) is 0 Å². The Morgan fingerprint density at radius 3 is 2.69 bits per heavy atom. The Bertz CT molecular complexity index is 464. The Balaban J connectivity index is 3.12. The summed E-state index contributed by atoms with van der Waals surface area (Å²) in [5.41, 5.74) is 5.38. The van der Waals surface area contributed by atoms with Crippen molar-refractivity contribution in [3.05, 3.63) is 24.3 Å². The van der Waals surface area contributed by atoms with Crippen LogP contribution < -0.4 is 5.73 Å². The Morgan fingerprint density at radius 1 is 1.56 bits per heavy atom. The van der Waals surface area contributed by atoms with Crippen molar-refractivity contribution in [1.82, 2.24) is 9.29 Å². The molecule has 0 aliphatic heterocycles. The van der Waals surface area contributed by atoms with Crippen molar-refractivity contribution in [3.63, 3.8) is 0 Å². The van der Waals surface area contributed by atoms with Gasteiger partial charge in [-0.3, -0.25) is 4.98 Å². The molecular formula is C9H14FN3O2S. The highest BCUT2D eigenvalue weighted by Gasteiger charge is 2.25. The minimum absolute atomic E-state index is 0.171. The largest absolute Gasteiger partial charge is 0.329 e. The second-order valence-electron chi connectivity index (χ2n) is 3.44. The van der Waals surface area contributed by atoms with Gasteiger partial charge in [-0.2, -0.15) is 4.31 Å². The number of pyridine rings is 1. The second-order valence-corrected chi connectivity index (χ2v) is 5.44. The molecule has 0 radical (unpaired) electrons. The number of aromatic nitrogens is 1. The van der Waals surface area contributed by atoms with Crippen LogP contribution in [-0.2, 0) is 10.0 Å². The number of nitrogens with two attached hydrogens (primary N) is 1. The normalized spacial score (nSPS) is 14.1. The van der Waals surface area contributed by atoms with Gasteiger partial charge in [0.05, 0.1) is 6.20 Å². The zero-order valence-corrected chi connectivity index (χ0v) is 9.91. The first kappa shape index (κ1) is 13.0. The lowest BCUT2D eigenvalue weighted by Gasteiger charge is -2.22. The molecule has 1 aromatic heterocycles. The predicted molar refractivity (Wildman–Crippen MR) is 57.7 cm³/mol. The number of hydrogen-bond acceptors (Lipinski definition) is 4. The maximum Gasteiger partial charge on any atom is 0.244 e. The van der Waals surface area contributed by atoms with Gasteiger partial charge in [0.1, 0.15) is 10.7 Å². The molecule has 5 nitrogen and oxygen atoms in total. The lowest BCUT2D eigenvalue weighted by Crippen LogP contribution is -2.39. The molecular weight excluding hydrogens is 233 g/mol. The Labute approximate surface area is 94.1 Å². The third-order valence-electron chi connectivity index (χ3n) is 2.32. The van der Waals surface area contributed by atoms with Crippen LogP contribution in [0.1, 0.15) is 6.92 Å². The molecule has 16 heavy (non-hydrogen) atoms. The average Bonchev–Trinajstić information content (AvgIpc) is 2.27. The number of hydrogen-bond donors (Lipinski definition) is 1. The zero-order valence-electron chi connectivity index (χ0n) is 9.09. The molecule has 90 valence electrons. The van der Waals surface area contributed by atoms with Crippen LogP contribution in [0, 0.1) is 5.82 Å². The van der Waals surface area contributed by atoms with Crippen molar-refractivity contribution < 1.29 is 12.8 Å². The van der Waals surface area contributed by atoms with Crippen LogP contribution in [0.5, 0.6) is 0 Å². The fraction of sp³-hybridized carbons (Fsp3) is 0.444. The molecule has 0 saturated carbocycles. The van der Waals surface area contributed by atoms with Crippen LogP contribution in [0.25, 0.3) is 0 Å². The fourth-order valence-electron chi connectivity index (χ4n) is 1.09. The van der Waals surface area contributed by atoms with Crippen molar-refractivity contribution in [2.75, 3.05) is 13.6 Å². The Kier molecular flexibility index (Phi) is 3.95. The monoisotopic (exact) mass is 247 g/mol. The SMILES string of the molecule is CC(CN)N(C)S(=O)(=O)c1cncc(F)c1. The van der Waals surface area contributed by atoms with E-state index < -0.39 is 15.8 Å². The highest BCUT2D eigenvalue weighted by atomic mass is 32.2. The third-order valence-corrected chi connectivity index (χ3v) is 4.26. The van der Waals surface area contributed by atoms with Crippen LogP contribution in [0.15, 0.2) is 23.4 Å². The maximum absolute atomic E-state index is 12.9. The van der Waals surface area contributed by atoms with Gasteiger partial charge < -0.3 is 5.73 Å². The van der Waals surface area contributed by atoms with Gasteiger partial charge in [-0.25, -0.2) is 12.8 Å². The van der Waals surface area contributed by atoms with E-state index in [1.165, 1.54) is 7.05 Å². The summed E-state index contributed by atoms with van der Waals surface area (Å²) >= 11 is 0. The highest BCUT2D eigenvalue weighted by Crippen LogP contribution is 2.15.